The predicted molar refractivity (Wildman–Crippen MR) is 127 cm³/mol. The number of benzene rings is 1. The minimum Gasteiger partial charge on any atom is -0.435 e. The molecular weight excluding hydrogens is 448 g/mol. The third-order valence-corrected chi connectivity index (χ3v) is 5.93. The molecule has 0 spiro atoms. The van der Waals surface area contributed by atoms with Crippen molar-refractivity contribution in [2.75, 3.05) is 10.6 Å². The molecule has 0 radical (unpaired) electrons. The van der Waals surface area contributed by atoms with Gasteiger partial charge in [-0.1, -0.05) is 29.8 Å². The maximum absolute atomic E-state index is 12.3. The van der Waals surface area contributed by atoms with Crippen molar-refractivity contribution in [3.05, 3.63) is 65.3 Å². The molecule has 0 unspecified atom stereocenters. The Morgan fingerprint density at radius 2 is 1.82 bits per heavy atom. The first-order valence-corrected chi connectivity index (χ1v) is 11.3. The Labute approximate surface area is 196 Å². The van der Waals surface area contributed by atoms with Crippen molar-refractivity contribution >= 4 is 23.2 Å². The molecule has 1 aliphatic carbocycles. The molecule has 4 rings (SSSR count). The normalized spacial score (nSPS) is 18.2. The third kappa shape index (κ3) is 6.52. The summed E-state index contributed by atoms with van der Waals surface area (Å²) in [7, 11) is 0. The van der Waals surface area contributed by atoms with Crippen molar-refractivity contribution in [2.24, 2.45) is 5.73 Å². The van der Waals surface area contributed by atoms with Crippen LogP contribution in [0.15, 0.2) is 54.7 Å². The van der Waals surface area contributed by atoms with Crippen LogP contribution in [0, 0.1) is 0 Å². The van der Waals surface area contributed by atoms with Crippen LogP contribution >= 0.6 is 11.6 Å². The fourth-order valence-corrected chi connectivity index (χ4v) is 4.05. The van der Waals surface area contributed by atoms with E-state index in [1.807, 2.05) is 24.3 Å². The molecule has 6 nitrogen and oxygen atoms in total. The average molecular weight is 474 g/mol. The van der Waals surface area contributed by atoms with Crippen LogP contribution in [0.2, 0.25) is 5.02 Å². The number of hydrogen-bond donors (Lipinski definition) is 3. The van der Waals surface area contributed by atoms with Crippen LogP contribution in [0.1, 0.15) is 31.2 Å². The van der Waals surface area contributed by atoms with Gasteiger partial charge in [0.1, 0.15) is 17.4 Å². The Morgan fingerprint density at radius 3 is 2.55 bits per heavy atom. The summed E-state index contributed by atoms with van der Waals surface area (Å²) in [5.74, 6) is 1.56. The van der Waals surface area contributed by atoms with Gasteiger partial charge in [0.25, 0.3) is 0 Å². The van der Waals surface area contributed by atoms with Crippen molar-refractivity contribution < 1.29 is 13.5 Å². The molecule has 9 heteroatoms. The van der Waals surface area contributed by atoms with E-state index >= 15 is 0 Å². The van der Waals surface area contributed by atoms with Crippen molar-refractivity contribution in [2.45, 2.75) is 50.9 Å². The van der Waals surface area contributed by atoms with Gasteiger partial charge < -0.3 is 21.1 Å². The Balaban J connectivity index is 1.42. The largest absolute Gasteiger partial charge is 0.435 e. The SMILES string of the molecule is N[C@H]1CC[C@H](Nc2cc(-c3cccc(NCc4ccc(OC(F)F)cc4)n3)c(Cl)cn2)CC1. The highest BCUT2D eigenvalue weighted by molar-refractivity contribution is 6.33. The predicted octanol–water partition coefficient (Wildman–Crippen LogP) is 5.69. The lowest BCUT2D eigenvalue weighted by molar-refractivity contribution is -0.0498. The first kappa shape index (κ1) is 23.2. The summed E-state index contributed by atoms with van der Waals surface area (Å²) >= 11 is 6.44. The van der Waals surface area contributed by atoms with Crippen LogP contribution in [-0.4, -0.2) is 28.7 Å². The number of hydrogen-bond acceptors (Lipinski definition) is 6. The molecule has 174 valence electrons. The number of nitrogens with one attached hydrogen (secondary N) is 2. The standard InChI is InChI=1S/C24H26ClF2N5O/c25-20-14-30-23(31-17-8-6-16(28)7-9-17)12-19(20)21-2-1-3-22(32-21)29-13-15-4-10-18(11-5-15)33-24(26)27/h1-5,10-12,14,16-17,24H,6-9,13,28H2,(H,29,32)(H,30,31)/t16-,17-. The molecular formula is C24H26ClF2N5O. The Bertz CT molecular complexity index is 1060. The lowest BCUT2D eigenvalue weighted by Gasteiger charge is -2.27. The van der Waals surface area contributed by atoms with E-state index in [1.54, 1.807) is 18.3 Å². The van der Waals surface area contributed by atoms with Gasteiger partial charge in [-0.05, 0) is 61.6 Å². The first-order valence-electron chi connectivity index (χ1n) is 10.9. The maximum atomic E-state index is 12.3. The van der Waals surface area contributed by atoms with Crippen molar-refractivity contribution in [1.29, 1.82) is 0 Å². The molecule has 0 atom stereocenters. The van der Waals surface area contributed by atoms with Crippen LogP contribution in [0.5, 0.6) is 5.75 Å². The van der Waals surface area contributed by atoms with Crippen LogP contribution in [0.4, 0.5) is 20.4 Å². The van der Waals surface area contributed by atoms with Gasteiger partial charge in [-0.2, -0.15) is 8.78 Å². The molecule has 0 saturated heterocycles. The van der Waals surface area contributed by atoms with Gasteiger partial charge in [0.2, 0.25) is 0 Å². The minimum absolute atomic E-state index is 0.127. The molecule has 33 heavy (non-hydrogen) atoms. The molecule has 2 aromatic heterocycles. The molecule has 1 saturated carbocycles. The molecule has 1 aliphatic rings. The van der Waals surface area contributed by atoms with Gasteiger partial charge in [0, 0.05) is 30.4 Å². The van der Waals surface area contributed by atoms with Crippen molar-refractivity contribution in [3.8, 4) is 17.0 Å². The van der Waals surface area contributed by atoms with E-state index in [1.165, 1.54) is 12.1 Å². The second kappa shape index (κ2) is 10.8. The van der Waals surface area contributed by atoms with E-state index in [0.717, 1.165) is 48.3 Å². The van der Waals surface area contributed by atoms with Crippen LogP contribution < -0.4 is 21.1 Å². The molecule has 4 N–H and O–H groups in total. The Hall–Kier alpha value is -2.97. The highest BCUT2D eigenvalue weighted by Crippen LogP contribution is 2.30. The zero-order valence-electron chi connectivity index (χ0n) is 18.0. The number of halogens is 3. The number of rotatable bonds is 8. The van der Waals surface area contributed by atoms with E-state index in [9.17, 15) is 8.78 Å². The maximum Gasteiger partial charge on any atom is 0.387 e. The summed E-state index contributed by atoms with van der Waals surface area (Å²) < 4.78 is 29.0. The minimum atomic E-state index is -2.84. The van der Waals surface area contributed by atoms with E-state index in [0.29, 0.717) is 29.5 Å². The summed E-state index contributed by atoms with van der Waals surface area (Å²) in [5.41, 5.74) is 8.42. The molecule has 3 aromatic rings. The second-order valence-corrected chi connectivity index (χ2v) is 8.50. The average Bonchev–Trinajstić information content (AvgIpc) is 2.81. The molecule has 1 fully saturated rings. The molecule has 2 heterocycles. The number of nitrogens with zero attached hydrogens (tertiary/aromatic N) is 2. The summed E-state index contributed by atoms with van der Waals surface area (Å²) in [4.78, 5) is 9.11. The first-order chi connectivity index (χ1) is 16.0. The zero-order valence-corrected chi connectivity index (χ0v) is 18.7. The number of aromatic nitrogens is 2. The van der Waals surface area contributed by atoms with Crippen molar-refractivity contribution in [1.82, 2.24) is 9.97 Å². The quantitative estimate of drug-likeness (QED) is 0.389. The number of nitrogens with two attached hydrogens (primary N) is 1. The summed E-state index contributed by atoms with van der Waals surface area (Å²) in [5, 5.41) is 7.26. The van der Waals surface area contributed by atoms with Gasteiger partial charge in [0.05, 0.1) is 10.7 Å². The third-order valence-electron chi connectivity index (χ3n) is 5.63. The lowest BCUT2D eigenvalue weighted by atomic mass is 9.92. The lowest BCUT2D eigenvalue weighted by Crippen LogP contribution is -2.33. The summed E-state index contributed by atoms with van der Waals surface area (Å²) in [6.07, 6.45) is 5.70. The monoisotopic (exact) mass is 473 g/mol. The van der Waals surface area contributed by atoms with E-state index in [4.69, 9.17) is 17.3 Å². The van der Waals surface area contributed by atoms with E-state index in [2.05, 4.69) is 25.3 Å². The Morgan fingerprint density at radius 1 is 1.06 bits per heavy atom. The zero-order chi connectivity index (χ0) is 23.2. The summed E-state index contributed by atoms with van der Waals surface area (Å²) in [6.45, 7) is -2.36. The van der Waals surface area contributed by atoms with Crippen LogP contribution in [-0.2, 0) is 6.54 Å². The molecule has 1 aromatic carbocycles. The smallest absolute Gasteiger partial charge is 0.387 e. The highest BCUT2D eigenvalue weighted by atomic mass is 35.5. The van der Waals surface area contributed by atoms with Gasteiger partial charge >= 0.3 is 6.61 Å². The van der Waals surface area contributed by atoms with E-state index < -0.39 is 6.61 Å². The van der Waals surface area contributed by atoms with Crippen molar-refractivity contribution in [3.63, 3.8) is 0 Å². The molecule has 0 amide bonds. The summed E-state index contributed by atoms with van der Waals surface area (Å²) in [6, 6.07) is 14.7. The Kier molecular flexibility index (Phi) is 7.57. The number of alkyl halides is 2. The van der Waals surface area contributed by atoms with Gasteiger partial charge in [0.15, 0.2) is 0 Å². The highest BCUT2D eigenvalue weighted by Gasteiger charge is 2.19. The van der Waals surface area contributed by atoms with Gasteiger partial charge in [-0.3, -0.25) is 0 Å². The molecule has 0 aliphatic heterocycles. The topological polar surface area (TPSA) is 85.1 Å². The number of ether oxygens (including phenoxy) is 1. The fraction of sp³-hybridized carbons (Fsp3) is 0.333. The van der Waals surface area contributed by atoms with Gasteiger partial charge in [-0.15, -0.1) is 0 Å². The number of pyridine rings is 2. The molecule has 0 bridgehead atoms. The van der Waals surface area contributed by atoms with Gasteiger partial charge in [-0.25, -0.2) is 9.97 Å². The van der Waals surface area contributed by atoms with Crippen LogP contribution in [0.25, 0.3) is 11.3 Å². The van der Waals surface area contributed by atoms with Crippen LogP contribution in [0.3, 0.4) is 0 Å². The second-order valence-electron chi connectivity index (χ2n) is 8.09. The fourth-order valence-electron chi connectivity index (χ4n) is 3.85. The number of anilines is 2. The van der Waals surface area contributed by atoms with E-state index in [-0.39, 0.29) is 5.75 Å².